The number of alkyl halides is 3. The number of carbonyl (C=O) groups excluding carboxylic acids is 2. The summed E-state index contributed by atoms with van der Waals surface area (Å²) in [4.78, 5) is 24.6. The van der Waals surface area contributed by atoms with Crippen molar-refractivity contribution in [2.45, 2.75) is 44.6 Å². The van der Waals surface area contributed by atoms with E-state index in [1.165, 1.54) is 0 Å². The first-order chi connectivity index (χ1) is 14.5. The van der Waals surface area contributed by atoms with Gasteiger partial charge in [0.1, 0.15) is 12.3 Å². The molecule has 1 atom stereocenters. The minimum absolute atomic E-state index is 0.00423. The molecule has 1 unspecified atom stereocenters. The van der Waals surface area contributed by atoms with Crippen LogP contribution in [-0.4, -0.2) is 61.3 Å². The van der Waals surface area contributed by atoms with Gasteiger partial charge < -0.3 is 10.1 Å². The number of hydrogen-bond acceptors (Lipinski definition) is 6. The van der Waals surface area contributed by atoms with Gasteiger partial charge in [0.05, 0.1) is 24.2 Å². The van der Waals surface area contributed by atoms with Gasteiger partial charge in [-0.2, -0.15) is 18.3 Å². The van der Waals surface area contributed by atoms with E-state index >= 15 is 0 Å². The van der Waals surface area contributed by atoms with Crippen molar-refractivity contribution in [3.05, 3.63) is 35.4 Å². The molecule has 8 nitrogen and oxygen atoms in total. The molecule has 2 amide bonds. The van der Waals surface area contributed by atoms with Crippen molar-refractivity contribution in [3.63, 3.8) is 0 Å². The van der Waals surface area contributed by atoms with Gasteiger partial charge in [-0.05, 0) is 17.5 Å². The van der Waals surface area contributed by atoms with E-state index in [2.05, 4.69) is 15.2 Å². The van der Waals surface area contributed by atoms with Crippen molar-refractivity contribution in [1.29, 1.82) is 0 Å². The van der Waals surface area contributed by atoms with Crippen LogP contribution in [0.1, 0.15) is 30.4 Å². The molecule has 0 spiro atoms. The zero-order chi connectivity index (χ0) is 22.6. The molecule has 1 fully saturated rings. The van der Waals surface area contributed by atoms with Crippen molar-refractivity contribution in [3.8, 4) is 0 Å². The molecule has 2 heterocycles. The Hall–Kier alpha value is -2.47. The fourth-order valence-corrected chi connectivity index (χ4v) is 5.00. The molecule has 0 saturated carbocycles. The number of hydrazone groups is 1. The Morgan fingerprint density at radius 2 is 1.87 bits per heavy atom. The van der Waals surface area contributed by atoms with E-state index in [4.69, 9.17) is 0 Å². The summed E-state index contributed by atoms with van der Waals surface area (Å²) in [5, 5.41) is 7.92. The van der Waals surface area contributed by atoms with E-state index in [1.54, 1.807) is 24.3 Å². The van der Waals surface area contributed by atoms with Crippen molar-refractivity contribution in [2.24, 2.45) is 5.10 Å². The predicted octanol–water partition coefficient (Wildman–Crippen LogP) is 1.55. The van der Waals surface area contributed by atoms with Gasteiger partial charge in [0.15, 0.2) is 9.84 Å². The standard InChI is InChI=1S/C19H22F3N3O5S/c20-19(21,22)12-30-10-14-3-1-13(2-4-14)9-23-18(27)16-5-6-17(26)25(24-16)15-7-8-31(28,29)11-15/h1-4,15H,5-12H2,(H,23,27). The Morgan fingerprint density at radius 1 is 1.19 bits per heavy atom. The Bertz CT molecular complexity index is 961. The van der Waals surface area contributed by atoms with Crippen molar-refractivity contribution >= 4 is 27.4 Å². The summed E-state index contributed by atoms with van der Waals surface area (Å²) in [7, 11) is -3.20. The van der Waals surface area contributed by atoms with E-state index < -0.39 is 34.6 Å². The van der Waals surface area contributed by atoms with Crippen LogP contribution in [0.25, 0.3) is 0 Å². The summed E-state index contributed by atoms with van der Waals surface area (Å²) >= 11 is 0. The number of halogens is 3. The lowest BCUT2D eigenvalue weighted by Gasteiger charge is -2.27. The Morgan fingerprint density at radius 3 is 2.48 bits per heavy atom. The minimum Gasteiger partial charge on any atom is -0.367 e. The average molecular weight is 461 g/mol. The molecule has 1 saturated heterocycles. The molecule has 1 N–H and O–H groups in total. The normalized spacial score (nSPS) is 21.1. The lowest BCUT2D eigenvalue weighted by atomic mass is 10.1. The number of hydrogen-bond donors (Lipinski definition) is 1. The summed E-state index contributed by atoms with van der Waals surface area (Å²) in [6.07, 6.45) is -3.84. The summed E-state index contributed by atoms with van der Waals surface area (Å²) in [6, 6.07) is 5.99. The number of nitrogens with zero attached hydrogens (tertiary/aromatic N) is 2. The number of nitrogens with one attached hydrogen (secondary N) is 1. The van der Waals surface area contributed by atoms with Gasteiger partial charge in [0.25, 0.3) is 5.91 Å². The van der Waals surface area contributed by atoms with Gasteiger partial charge in [0, 0.05) is 19.4 Å². The van der Waals surface area contributed by atoms with Crippen LogP contribution in [0.5, 0.6) is 0 Å². The second-order valence-corrected chi connectivity index (χ2v) is 9.68. The van der Waals surface area contributed by atoms with Crippen LogP contribution in [-0.2, 0) is 37.3 Å². The molecule has 0 aromatic heterocycles. The molecule has 0 bridgehead atoms. The maximum Gasteiger partial charge on any atom is 0.411 e. The lowest BCUT2D eigenvalue weighted by Crippen LogP contribution is -2.43. The summed E-state index contributed by atoms with van der Waals surface area (Å²) in [5.41, 5.74) is 1.44. The zero-order valence-electron chi connectivity index (χ0n) is 16.5. The van der Waals surface area contributed by atoms with Gasteiger partial charge >= 0.3 is 6.18 Å². The highest BCUT2D eigenvalue weighted by molar-refractivity contribution is 7.91. The summed E-state index contributed by atoms with van der Waals surface area (Å²) in [5.74, 6) is -0.927. The molecule has 170 valence electrons. The maximum atomic E-state index is 12.4. The highest BCUT2D eigenvalue weighted by atomic mass is 32.2. The first kappa shape index (κ1) is 23.2. The van der Waals surface area contributed by atoms with E-state index in [9.17, 15) is 31.2 Å². The number of amides is 2. The van der Waals surface area contributed by atoms with E-state index in [0.717, 1.165) is 10.6 Å². The fraction of sp³-hybridized carbons (Fsp3) is 0.526. The summed E-state index contributed by atoms with van der Waals surface area (Å²) in [6.45, 7) is -1.34. The topological polar surface area (TPSA) is 105 Å². The van der Waals surface area contributed by atoms with E-state index in [0.29, 0.717) is 12.0 Å². The zero-order valence-corrected chi connectivity index (χ0v) is 17.3. The van der Waals surface area contributed by atoms with E-state index in [1.807, 2.05) is 0 Å². The van der Waals surface area contributed by atoms with Crippen LogP contribution in [0.2, 0.25) is 0 Å². The van der Waals surface area contributed by atoms with Crippen LogP contribution in [0.4, 0.5) is 13.2 Å². The maximum absolute atomic E-state index is 12.4. The van der Waals surface area contributed by atoms with Crippen LogP contribution in [0.15, 0.2) is 29.4 Å². The average Bonchev–Trinajstić information content (AvgIpc) is 3.06. The molecule has 3 rings (SSSR count). The van der Waals surface area contributed by atoms with E-state index in [-0.39, 0.29) is 49.1 Å². The molecule has 12 heteroatoms. The molecule has 31 heavy (non-hydrogen) atoms. The Balaban J connectivity index is 1.53. The molecule has 1 aromatic rings. The fourth-order valence-electron chi connectivity index (χ4n) is 3.31. The molecule has 2 aliphatic heterocycles. The Kier molecular flexibility index (Phi) is 6.99. The molecular weight excluding hydrogens is 439 g/mol. The number of rotatable bonds is 7. The second kappa shape index (κ2) is 9.35. The van der Waals surface area contributed by atoms with Gasteiger partial charge in [-0.15, -0.1) is 0 Å². The molecule has 1 aromatic carbocycles. The van der Waals surface area contributed by atoms with Crippen LogP contribution in [0, 0.1) is 0 Å². The predicted molar refractivity (Wildman–Crippen MR) is 105 cm³/mol. The third-order valence-corrected chi connectivity index (χ3v) is 6.64. The largest absolute Gasteiger partial charge is 0.411 e. The van der Waals surface area contributed by atoms with Gasteiger partial charge in [-0.3, -0.25) is 9.59 Å². The highest BCUT2D eigenvalue weighted by Crippen LogP contribution is 2.22. The van der Waals surface area contributed by atoms with Gasteiger partial charge in [0.2, 0.25) is 5.91 Å². The van der Waals surface area contributed by atoms with Crippen molar-refractivity contribution in [2.75, 3.05) is 18.1 Å². The monoisotopic (exact) mass is 461 g/mol. The number of carbonyl (C=O) groups is 2. The quantitative estimate of drug-likeness (QED) is 0.663. The van der Waals surface area contributed by atoms with Gasteiger partial charge in [-0.1, -0.05) is 24.3 Å². The second-order valence-electron chi connectivity index (χ2n) is 7.45. The molecule has 0 aliphatic carbocycles. The third kappa shape index (κ3) is 6.76. The van der Waals surface area contributed by atoms with Crippen molar-refractivity contribution < 1.29 is 35.9 Å². The number of benzene rings is 1. The smallest absolute Gasteiger partial charge is 0.367 e. The first-order valence-electron chi connectivity index (χ1n) is 9.63. The van der Waals surface area contributed by atoms with Crippen molar-refractivity contribution in [1.82, 2.24) is 10.3 Å². The van der Waals surface area contributed by atoms with Crippen LogP contribution in [0.3, 0.4) is 0 Å². The molecule has 0 radical (unpaired) electrons. The third-order valence-electron chi connectivity index (χ3n) is 4.89. The highest BCUT2D eigenvalue weighted by Gasteiger charge is 2.37. The lowest BCUT2D eigenvalue weighted by molar-refractivity contribution is -0.176. The first-order valence-corrected chi connectivity index (χ1v) is 11.4. The number of sulfone groups is 1. The number of ether oxygens (including phenoxy) is 1. The molecular formula is C19H22F3N3O5S. The molecule has 2 aliphatic rings. The summed E-state index contributed by atoms with van der Waals surface area (Å²) < 4.78 is 64.2. The van der Waals surface area contributed by atoms with Gasteiger partial charge in [-0.25, -0.2) is 13.4 Å². The SMILES string of the molecule is O=C(NCc1ccc(COCC(F)(F)F)cc1)C1=NN(C2CCS(=O)(=O)C2)C(=O)CC1. The van der Waals surface area contributed by atoms with Crippen LogP contribution >= 0.6 is 0 Å². The van der Waals surface area contributed by atoms with Crippen LogP contribution < -0.4 is 5.32 Å². The minimum atomic E-state index is -4.38. The Labute approximate surface area is 177 Å².